The van der Waals surface area contributed by atoms with Crippen molar-refractivity contribution in [1.82, 2.24) is 0 Å². The lowest BCUT2D eigenvalue weighted by atomic mass is 9.48. The standard InChI is InChI=1S/C20H28O6/c1-9(2)13-14(21)16-20(26-16)18(3)6-5-10-11(7-24-17(10)23)12(18)8-25-19(20,4)15(13)22/h9,12-16,21-22H,5-8H2,1-4H3/t12-,13?,14+,15+,16-,18-,19+,20+/m0/s1. The van der Waals surface area contributed by atoms with Crippen LogP contribution in [0.15, 0.2) is 11.1 Å². The minimum absolute atomic E-state index is 0.0192. The number of fused-ring (bicyclic) bond motifs is 2. The quantitative estimate of drug-likeness (QED) is 0.537. The maximum Gasteiger partial charge on any atom is 0.334 e. The zero-order chi connectivity index (χ0) is 18.6. The molecule has 5 aliphatic rings. The topological polar surface area (TPSA) is 88.5 Å². The minimum atomic E-state index is -0.862. The van der Waals surface area contributed by atoms with Crippen LogP contribution in [0.1, 0.15) is 40.5 Å². The van der Waals surface area contributed by atoms with Crippen LogP contribution in [0.3, 0.4) is 0 Å². The van der Waals surface area contributed by atoms with E-state index in [1.54, 1.807) is 0 Å². The largest absolute Gasteiger partial charge is 0.458 e. The fraction of sp³-hybridized carbons (Fsp3) is 0.850. The van der Waals surface area contributed by atoms with Gasteiger partial charge in [-0.25, -0.2) is 4.79 Å². The van der Waals surface area contributed by atoms with Gasteiger partial charge in [-0.3, -0.25) is 0 Å². The van der Waals surface area contributed by atoms with Gasteiger partial charge >= 0.3 is 5.97 Å². The summed E-state index contributed by atoms with van der Waals surface area (Å²) in [5.74, 6) is -0.347. The molecule has 2 saturated heterocycles. The summed E-state index contributed by atoms with van der Waals surface area (Å²) >= 11 is 0. The number of epoxide rings is 1. The number of carbonyl (C=O) groups excluding carboxylic acids is 1. The summed E-state index contributed by atoms with van der Waals surface area (Å²) in [6.45, 7) is 8.93. The van der Waals surface area contributed by atoms with Crippen LogP contribution in [-0.2, 0) is 19.0 Å². The van der Waals surface area contributed by atoms with Crippen LogP contribution in [0.25, 0.3) is 0 Å². The van der Waals surface area contributed by atoms with Crippen LogP contribution in [0.2, 0.25) is 0 Å². The molecule has 3 heterocycles. The maximum atomic E-state index is 12.0. The second-order valence-electron chi connectivity index (χ2n) is 9.50. The average molecular weight is 364 g/mol. The van der Waals surface area contributed by atoms with Gasteiger partial charge < -0.3 is 24.4 Å². The SMILES string of the molecule is CC(C)C1[C@@H](O)[C@@H]2O[C@@]23[C@@]2(C)CCC4=C(COC4=O)[C@@H]2CO[C@]3(C)[C@@H]1O. The number of esters is 1. The molecule has 6 heteroatoms. The summed E-state index contributed by atoms with van der Waals surface area (Å²) in [4.78, 5) is 12.0. The third-order valence-corrected chi connectivity index (χ3v) is 8.27. The van der Waals surface area contributed by atoms with Crippen LogP contribution in [-0.4, -0.2) is 58.9 Å². The van der Waals surface area contributed by atoms with E-state index in [0.717, 1.165) is 17.6 Å². The van der Waals surface area contributed by atoms with Crippen LogP contribution >= 0.6 is 0 Å². The van der Waals surface area contributed by atoms with Gasteiger partial charge in [-0.1, -0.05) is 20.8 Å². The first kappa shape index (κ1) is 17.2. The Bertz CT molecular complexity index is 715. The van der Waals surface area contributed by atoms with Gasteiger partial charge in [0.15, 0.2) is 0 Å². The van der Waals surface area contributed by atoms with Gasteiger partial charge in [0.05, 0.1) is 18.8 Å². The molecule has 2 N–H and O–H groups in total. The van der Waals surface area contributed by atoms with E-state index in [4.69, 9.17) is 14.2 Å². The highest BCUT2D eigenvalue weighted by Crippen LogP contribution is 2.72. The molecule has 3 fully saturated rings. The number of aliphatic hydroxyl groups is 2. The second-order valence-corrected chi connectivity index (χ2v) is 9.50. The summed E-state index contributed by atoms with van der Waals surface area (Å²) in [5, 5.41) is 22.2. The molecule has 1 unspecified atom stereocenters. The normalized spacial score (nSPS) is 55.0. The smallest absolute Gasteiger partial charge is 0.334 e. The molecular weight excluding hydrogens is 336 g/mol. The summed E-state index contributed by atoms with van der Waals surface area (Å²) in [7, 11) is 0. The molecule has 0 aromatic carbocycles. The molecule has 2 aliphatic carbocycles. The monoisotopic (exact) mass is 364 g/mol. The lowest BCUT2D eigenvalue weighted by Gasteiger charge is -2.61. The number of carbonyl (C=O) groups is 1. The van der Waals surface area contributed by atoms with Gasteiger partial charge in [-0.05, 0) is 31.3 Å². The van der Waals surface area contributed by atoms with Gasteiger partial charge in [0, 0.05) is 22.8 Å². The van der Waals surface area contributed by atoms with Gasteiger partial charge in [-0.15, -0.1) is 0 Å². The third-order valence-electron chi connectivity index (χ3n) is 8.27. The first-order valence-electron chi connectivity index (χ1n) is 9.76. The summed E-state index contributed by atoms with van der Waals surface area (Å²) < 4.78 is 17.9. The predicted octanol–water partition coefficient (Wildman–Crippen LogP) is 1.19. The molecule has 0 bridgehead atoms. The van der Waals surface area contributed by atoms with Crippen molar-refractivity contribution in [2.24, 2.45) is 23.2 Å². The second kappa shape index (κ2) is 4.90. The van der Waals surface area contributed by atoms with E-state index in [2.05, 4.69) is 6.92 Å². The van der Waals surface area contributed by atoms with Crippen molar-refractivity contribution < 1.29 is 29.2 Å². The number of rotatable bonds is 1. The van der Waals surface area contributed by atoms with Crippen molar-refractivity contribution in [2.45, 2.75) is 70.1 Å². The fourth-order valence-electron chi connectivity index (χ4n) is 6.78. The van der Waals surface area contributed by atoms with E-state index in [1.807, 2.05) is 20.8 Å². The Labute approximate surface area is 153 Å². The first-order chi connectivity index (χ1) is 12.2. The average Bonchev–Trinajstić information content (AvgIpc) is 3.25. The highest BCUT2D eigenvalue weighted by molar-refractivity contribution is 5.92. The van der Waals surface area contributed by atoms with E-state index in [9.17, 15) is 15.0 Å². The Balaban J connectivity index is 1.61. The summed E-state index contributed by atoms with van der Waals surface area (Å²) in [5.41, 5.74) is -0.0632. The van der Waals surface area contributed by atoms with E-state index >= 15 is 0 Å². The molecule has 3 aliphatic heterocycles. The van der Waals surface area contributed by atoms with Gasteiger partial charge in [0.2, 0.25) is 0 Å². The van der Waals surface area contributed by atoms with Crippen LogP contribution in [0.4, 0.5) is 0 Å². The zero-order valence-electron chi connectivity index (χ0n) is 15.8. The van der Waals surface area contributed by atoms with E-state index in [1.165, 1.54) is 0 Å². The molecule has 0 radical (unpaired) electrons. The van der Waals surface area contributed by atoms with Crippen molar-refractivity contribution in [2.75, 3.05) is 13.2 Å². The molecule has 0 aromatic rings. The molecular formula is C20H28O6. The van der Waals surface area contributed by atoms with Crippen LogP contribution in [0.5, 0.6) is 0 Å². The number of hydrogen-bond donors (Lipinski definition) is 2. The lowest BCUT2D eigenvalue weighted by molar-refractivity contribution is -0.264. The molecule has 6 nitrogen and oxygen atoms in total. The Morgan fingerprint density at radius 3 is 2.65 bits per heavy atom. The molecule has 26 heavy (non-hydrogen) atoms. The Kier molecular flexibility index (Phi) is 3.24. The number of hydrogen-bond acceptors (Lipinski definition) is 6. The molecule has 1 saturated carbocycles. The van der Waals surface area contributed by atoms with Crippen LogP contribution in [0, 0.1) is 23.2 Å². The number of ether oxygens (including phenoxy) is 3. The highest BCUT2D eigenvalue weighted by atomic mass is 16.7. The van der Waals surface area contributed by atoms with Crippen molar-refractivity contribution in [3.8, 4) is 0 Å². The predicted molar refractivity (Wildman–Crippen MR) is 91.1 cm³/mol. The Morgan fingerprint density at radius 2 is 1.96 bits per heavy atom. The molecule has 0 aromatic heterocycles. The molecule has 1 spiro atoms. The van der Waals surface area contributed by atoms with E-state index in [-0.39, 0.29) is 35.2 Å². The van der Waals surface area contributed by atoms with E-state index in [0.29, 0.717) is 19.6 Å². The van der Waals surface area contributed by atoms with Gasteiger partial charge in [0.25, 0.3) is 0 Å². The summed E-state index contributed by atoms with van der Waals surface area (Å²) in [6.07, 6.45) is -0.418. The van der Waals surface area contributed by atoms with Crippen molar-refractivity contribution in [3.63, 3.8) is 0 Å². The lowest BCUT2D eigenvalue weighted by Crippen LogP contribution is -2.74. The van der Waals surface area contributed by atoms with Gasteiger partial charge in [0.1, 0.15) is 23.9 Å². The molecule has 8 atom stereocenters. The molecule has 144 valence electrons. The fourth-order valence-corrected chi connectivity index (χ4v) is 6.78. The number of aliphatic hydroxyl groups excluding tert-OH is 2. The summed E-state index contributed by atoms with van der Waals surface area (Å²) in [6, 6.07) is 0. The number of cyclic esters (lactones) is 1. The van der Waals surface area contributed by atoms with E-state index < -0.39 is 23.4 Å². The first-order valence-corrected chi connectivity index (χ1v) is 9.76. The van der Waals surface area contributed by atoms with Crippen molar-refractivity contribution in [1.29, 1.82) is 0 Å². The highest BCUT2D eigenvalue weighted by Gasteiger charge is 2.86. The Morgan fingerprint density at radius 1 is 1.23 bits per heavy atom. The Hall–Kier alpha value is -0.950. The van der Waals surface area contributed by atoms with Crippen LogP contribution < -0.4 is 0 Å². The minimum Gasteiger partial charge on any atom is -0.458 e. The maximum absolute atomic E-state index is 12.0. The zero-order valence-corrected chi connectivity index (χ0v) is 15.8. The third kappa shape index (κ3) is 1.62. The van der Waals surface area contributed by atoms with Crippen molar-refractivity contribution >= 4 is 5.97 Å². The van der Waals surface area contributed by atoms with Crippen molar-refractivity contribution in [3.05, 3.63) is 11.1 Å². The molecule has 0 amide bonds. The molecule has 5 rings (SSSR count). The van der Waals surface area contributed by atoms with Gasteiger partial charge in [-0.2, -0.15) is 0 Å².